The summed E-state index contributed by atoms with van der Waals surface area (Å²) < 4.78 is 24.2. The highest BCUT2D eigenvalue weighted by Gasteiger charge is 2.28. The average molecular weight is 225 g/mol. The predicted molar refractivity (Wildman–Crippen MR) is 57.7 cm³/mol. The highest BCUT2D eigenvalue weighted by molar-refractivity contribution is 7.92. The first kappa shape index (κ1) is 10.2. The van der Waals surface area contributed by atoms with E-state index in [4.69, 9.17) is 0 Å². The first-order chi connectivity index (χ1) is 7.04. The van der Waals surface area contributed by atoms with Gasteiger partial charge in [0.25, 0.3) is 0 Å². The first-order valence-electron chi connectivity index (χ1n) is 4.59. The largest absolute Gasteiger partial charge is 0.298 e. The van der Waals surface area contributed by atoms with E-state index in [1.807, 2.05) is 6.07 Å². The Morgan fingerprint density at radius 3 is 2.73 bits per heavy atom. The molecule has 0 atom stereocenters. The number of benzene rings is 1. The van der Waals surface area contributed by atoms with Crippen molar-refractivity contribution in [1.29, 1.82) is 0 Å². The lowest BCUT2D eigenvalue weighted by molar-refractivity contribution is 0.112. The summed E-state index contributed by atoms with van der Waals surface area (Å²) in [5, 5.41) is 0. The Hall–Kier alpha value is -1.36. The van der Waals surface area contributed by atoms with E-state index in [0.717, 1.165) is 11.8 Å². The Balaban J connectivity index is 2.63. The SMILES string of the molecule is CS(=O)(=O)N1CCc2cccc(C=O)c21. The Kier molecular flexibility index (Phi) is 2.26. The van der Waals surface area contributed by atoms with Crippen LogP contribution in [0, 0.1) is 0 Å². The second-order valence-electron chi connectivity index (χ2n) is 3.56. The van der Waals surface area contributed by atoms with Crippen molar-refractivity contribution in [3.05, 3.63) is 29.3 Å². The maximum Gasteiger partial charge on any atom is 0.232 e. The van der Waals surface area contributed by atoms with Crippen LogP contribution in [-0.2, 0) is 16.4 Å². The molecule has 1 heterocycles. The third-order valence-electron chi connectivity index (χ3n) is 2.51. The summed E-state index contributed by atoms with van der Waals surface area (Å²) in [5.74, 6) is 0. The molecule has 0 bridgehead atoms. The molecule has 0 amide bonds. The summed E-state index contributed by atoms with van der Waals surface area (Å²) in [5.41, 5.74) is 1.91. The van der Waals surface area contributed by atoms with Crippen LogP contribution in [0.5, 0.6) is 0 Å². The quantitative estimate of drug-likeness (QED) is 0.700. The summed E-state index contributed by atoms with van der Waals surface area (Å²) >= 11 is 0. The van der Waals surface area contributed by atoms with Crippen LogP contribution in [0.25, 0.3) is 0 Å². The highest BCUT2D eigenvalue weighted by Crippen LogP contribution is 2.32. The van der Waals surface area contributed by atoms with Gasteiger partial charge in [-0.1, -0.05) is 12.1 Å². The minimum atomic E-state index is -3.27. The van der Waals surface area contributed by atoms with Crippen molar-refractivity contribution in [2.45, 2.75) is 6.42 Å². The molecule has 1 aliphatic heterocycles. The van der Waals surface area contributed by atoms with Gasteiger partial charge in [-0.2, -0.15) is 0 Å². The number of rotatable bonds is 2. The van der Waals surface area contributed by atoms with Crippen molar-refractivity contribution in [1.82, 2.24) is 0 Å². The first-order valence-corrected chi connectivity index (χ1v) is 6.43. The molecule has 0 aromatic heterocycles. The topological polar surface area (TPSA) is 54.5 Å². The Labute approximate surface area is 88.6 Å². The van der Waals surface area contributed by atoms with Gasteiger partial charge in [-0.05, 0) is 18.1 Å². The molecule has 5 heteroatoms. The van der Waals surface area contributed by atoms with E-state index in [1.54, 1.807) is 12.1 Å². The molecule has 1 aliphatic rings. The fraction of sp³-hybridized carbons (Fsp3) is 0.300. The van der Waals surface area contributed by atoms with Crippen LogP contribution in [0.2, 0.25) is 0 Å². The van der Waals surface area contributed by atoms with Crippen LogP contribution >= 0.6 is 0 Å². The third-order valence-corrected chi connectivity index (χ3v) is 3.68. The van der Waals surface area contributed by atoms with Crippen molar-refractivity contribution in [2.24, 2.45) is 0 Å². The van der Waals surface area contributed by atoms with E-state index in [0.29, 0.717) is 30.5 Å². The van der Waals surface area contributed by atoms with Crippen LogP contribution in [0.3, 0.4) is 0 Å². The standard InChI is InChI=1S/C10H11NO3S/c1-15(13,14)11-6-5-8-3-2-4-9(7-12)10(8)11/h2-4,7H,5-6H2,1H3. The number of para-hydroxylation sites is 1. The van der Waals surface area contributed by atoms with E-state index in [9.17, 15) is 13.2 Å². The Morgan fingerprint density at radius 2 is 2.13 bits per heavy atom. The smallest absolute Gasteiger partial charge is 0.232 e. The van der Waals surface area contributed by atoms with Gasteiger partial charge in [-0.15, -0.1) is 0 Å². The van der Waals surface area contributed by atoms with Gasteiger partial charge in [0.2, 0.25) is 10.0 Å². The number of hydrogen-bond donors (Lipinski definition) is 0. The minimum absolute atomic E-state index is 0.430. The zero-order valence-electron chi connectivity index (χ0n) is 8.30. The number of sulfonamides is 1. The Morgan fingerprint density at radius 1 is 1.40 bits per heavy atom. The number of fused-ring (bicyclic) bond motifs is 1. The second kappa shape index (κ2) is 3.34. The van der Waals surface area contributed by atoms with Gasteiger partial charge in [0.05, 0.1) is 11.9 Å². The summed E-state index contributed by atoms with van der Waals surface area (Å²) in [6.45, 7) is 0.430. The molecule has 80 valence electrons. The summed E-state index contributed by atoms with van der Waals surface area (Å²) in [6, 6.07) is 5.26. The van der Waals surface area contributed by atoms with E-state index in [1.165, 1.54) is 4.31 Å². The lowest BCUT2D eigenvalue weighted by atomic mass is 10.1. The predicted octanol–water partition coefficient (Wildman–Crippen LogP) is 0.821. The lowest BCUT2D eigenvalue weighted by Gasteiger charge is -2.17. The second-order valence-corrected chi connectivity index (χ2v) is 5.46. The maximum absolute atomic E-state index is 11.5. The van der Waals surface area contributed by atoms with Crippen LogP contribution in [0.1, 0.15) is 15.9 Å². The highest BCUT2D eigenvalue weighted by atomic mass is 32.2. The maximum atomic E-state index is 11.5. The van der Waals surface area contributed by atoms with Gasteiger partial charge in [0, 0.05) is 12.1 Å². The number of anilines is 1. The zero-order chi connectivity index (χ0) is 11.1. The van der Waals surface area contributed by atoms with Crippen molar-refractivity contribution >= 4 is 22.0 Å². The average Bonchev–Trinajstić information content (AvgIpc) is 2.59. The van der Waals surface area contributed by atoms with Crippen molar-refractivity contribution in [3.8, 4) is 0 Å². The number of carbonyl (C=O) groups is 1. The fourth-order valence-corrected chi connectivity index (χ4v) is 2.85. The molecular weight excluding hydrogens is 214 g/mol. The van der Waals surface area contributed by atoms with E-state index in [-0.39, 0.29) is 0 Å². The van der Waals surface area contributed by atoms with E-state index >= 15 is 0 Å². The van der Waals surface area contributed by atoms with Gasteiger partial charge in [-0.3, -0.25) is 9.10 Å². The van der Waals surface area contributed by atoms with Crippen LogP contribution in [-0.4, -0.2) is 27.5 Å². The van der Waals surface area contributed by atoms with Crippen molar-refractivity contribution in [2.75, 3.05) is 17.1 Å². The van der Waals surface area contributed by atoms with Gasteiger partial charge >= 0.3 is 0 Å². The van der Waals surface area contributed by atoms with Crippen molar-refractivity contribution in [3.63, 3.8) is 0 Å². The molecule has 0 spiro atoms. The molecule has 0 radical (unpaired) electrons. The molecule has 0 unspecified atom stereocenters. The molecule has 0 saturated heterocycles. The molecule has 1 aromatic rings. The van der Waals surface area contributed by atoms with Crippen LogP contribution in [0.15, 0.2) is 18.2 Å². The third kappa shape index (κ3) is 1.63. The number of aldehydes is 1. The fourth-order valence-electron chi connectivity index (χ4n) is 1.88. The molecule has 0 fully saturated rings. The molecule has 1 aromatic carbocycles. The minimum Gasteiger partial charge on any atom is -0.298 e. The summed E-state index contributed by atoms with van der Waals surface area (Å²) in [7, 11) is -3.27. The molecule has 0 aliphatic carbocycles. The van der Waals surface area contributed by atoms with Gasteiger partial charge in [0.15, 0.2) is 6.29 Å². The molecule has 0 saturated carbocycles. The molecule has 0 N–H and O–H groups in total. The Bertz CT molecular complexity index is 507. The zero-order valence-corrected chi connectivity index (χ0v) is 9.12. The number of carbonyl (C=O) groups excluding carboxylic acids is 1. The van der Waals surface area contributed by atoms with Gasteiger partial charge < -0.3 is 0 Å². The molecular formula is C10H11NO3S. The van der Waals surface area contributed by atoms with E-state index < -0.39 is 10.0 Å². The summed E-state index contributed by atoms with van der Waals surface area (Å²) in [4.78, 5) is 10.8. The number of hydrogen-bond acceptors (Lipinski definition) is 3. The van der Waals surface area contributed by atoms with Crippen molar-refractivity contribution < 1.29 is 13.2 Å². The van der Waals surface area contributed by atoms with E-state index in [2.05, 4.69) is 0 Å². The number of nitrogens with zero attached hydrogens (tertiary/aromatic N) is 1. The molecule has 4 nitrogen and oxygen atoms in total. The monoisotopic (exact) mass is 225 g/mol. The summed E-state index contributed by atoms with van der Waals surface area (Å²) in [6.07, 6.45) is 2.52. The lowest BCUT2D eigenvalue weighted by Crippen LogP contribution is -2.28. The van der Waals surface area contributed by atoms with Crippen LogP contribution < -0.4 is 4.31 Å². The molecule has 15 heavy (non-hydrogen) atoms. The van der Waals surface area contributed by atoms with Gasteiger partial charge in [0.1, 0.15) is 0 Å². The molecule has 2 rings (SSSR count). The normalized spacial score (nSPS) is 15.1. The van der Waals surface area contributed by atoms with Crippen LogP contribution in [0.4, 0.5) is 5.69 Å². The van der Waals surface area contributed by atoms with Gasteiger partial charge in [-0.25, -0.2) is 8.42 Å².